The Labute approximate surface area is 164 Å². The van der Waals surface area contributed by atoms with E-state index in [2.05, 4.69) is 5.32 Å². The number of carbonyl (C=O) groups excluding carboxylic acids is 5. The Balaban J connectivity index is 5.32. The molecule has 1 amide bonds. The second kappa shape index (κ2) is 12.7. The maximum Gasteiger partial charge on any atom is 0.303 e. The first kappa shape index (κ1) is 25.4. The zero-order valence-electron chi connectivity index (χ0n) is 17.1. The second-order valence-electron chi connectivity index (χ2n) is 6.31. The van der Waals surface area contributed by atoms with E-state index >= 15 is 0 Å². The smallest absolute Gasteiger partial charge is 0.303 e. The second-order valence-corrected chi connectivity index (χ2v) is 6.31. The van der Waals surface area contributed by atoms with Gasteiger partial charge in [-0.1, -0.05) is 0 Å². The maximum atomic E-state index is 11.5. The van der Waals surface area contributed by atoms with Gasteiger partial charge in [0.05, 0.1) is 6.04 Å². The van der Waals surface area contributed by atoms with E-state index in [0.29, 0.717) is 0 Å². The van der Waals surface area contributed by atoms with Crippen LogP contribution in [0.25, 0.3) is 0 Å². The van der Waals surface area contributed by atoms with Crippen molar-refractivity contribution in [1.82, 2.24) is 5.32 Å². The number of hydrogen-bond donors (Lipinski definition) is 1. The van der Waals surface area contributed by atoms with E-state index in [-0.39, 0.29) is 25.4 Å². The molecule has 0 heterocycles. The summed E-state index contributed by atoms with van der Waals surface area (Å²) < 4.78 is 20.5. The summed E-state index contributed by atoms with van der Waals surface area (Å²) in [4.78, 5) is 56.6. The van der Waals surface area contributed by atoms with Crippen LogP contribution in [0.2, 0.25) is 0 Å². The number of hydrogen-bond acceptors (Lipinski definition) is 9. The van der Waals surface area contributed by atoms with Gasteiger partial charge in [0, 0.05) is 34.6 Å². The van der Waals surface area contributed by atoms with Crippen LogP contribution in [0.3, 0.4) is 0 Å². The van der Waals surface area contributed by atoms with Crippen LogP contribution in [0.15, 0.2) is 0 Å². The third-order valence-corrected chi connectivity index (χ3v) is 3.54. The van der Waals surface area contributed by atoms with Crippen molar-refractivity contribution in [1.29, 1.82) is 0 Å². The molecule has 1 N–H and O–H groups in total. The summed E-state index contributed by atoms with van der Waals surface area (Å²) in [6.07, 6.45) is -2.36. The van der Waals surface area contributed by atoms with Gasteiger partial charge in [0.1, 0.15) is 18.8 Å². The molecule has 10 heteroatoms. The third kappa shape index (κ3) is 11.9. The van der Waals surface area contributed by atoms with Crippen LogP contribution in [0, 0.1) is 0 Å². The topological polar surface area (TPSA) is 134 Å². The van der Waals surface area contributed by atoms with Gasteiger partial charge < -0.3 is 24.3 Å². The number of esters is 4. The molecule has 0 fully saturated rings. The SMILES string of the molecule is CC(=O)NC(C)C(CC[C@H](OC(C)=O)[C@@H](COC(C)=O)OC(C)=O)OC(C)=O. The number of amides is 1. The first-order chi connectivity index (χ1) is 12.9. The van der Waals surface area contributed by atoms with E-state index in [4.69, 9.17) is 18.9 Å². The molecule has 0 aliphatic carbocycles. The van der Waals surface area contributed by atoms with Crippen LogP contribution in [0.1, 0.15) is 54.4 Å². The fourth-order valence-corrected chi connectivity index (χ4v) is 2.53. The van der Waals surface area contributed by atoms with Crippen LogP contribution >= 0.6 is 0 Å². The summed E-state index contributed by atoms with van der Waals surface area (Å²) in [6, 6.07) is -0.500. The summed E-state index contributed by atoms with van der Waals surface area (Å²) >= 11 is 0. The van der Waals surface area contributed by atoms with Crippen LogP contribution in [-0.4, -0.2) is 60.7 Å². The lowest BCUT2D eigenvalue weighted by Gasteiger charge is -2.29. The predicted octanol–water partition coefficient (Wildman–Crippen LogP) is 0.649. The molecule has 0 aromatic carbocycles. The van der Waals surface area contributed by atoms with E-state index in [1.807, 2.05) is 0 Å². The van der Waals surface area contributed by atoms with Crippen molar-refractivity contribution in [3.8, 4) is 0 Å². The Kier molecular flexibility index (Phi) is 11.5. The molecule has 0 saturated heterocycles. The van der Waals surface area contributed by atoms with Crippen molar-refractivity contribution >= 4 is 29.8 Å². The molecule has 0 aliphatic heterocycles. The summed E-state index contributed by atoms with van der Waals surface area (Å²) in [5.41, 5.74) is 0. The van der Waals surface area contributed by atoms with Gasteiger partial charge in [0.25, 0.3) is 0 Å². The lowest BCUT2D eigenvalue weighted by atomic mass is 10.0. The van der Waals surface area contributed by atoms with Crippen molar-refractivity contribution in [2.45, 2.75) is 78.7 Å². The number of nitrogens with one attached hydrogen (secondary N) is 1. The van der Waals surface area contributed by atoms with Crippen molar-refractivity contribution < 1.29 is 42.9 Å². The van der Waals surface area contributed by atoms with Gasteiger partial charge in [-0.15, -0.1) is 0 Å². The van der Waals surface area contributed by atoms with E-state index in [0.717, 1.165) is 0 Å². The molecule has 0 saturated carbocycles. The lowest BCUT2D eigenvalue weighted by molar-refractivity contribution is -0.174. The molecule has 10 nitrogen and oxygen atoms in total. The Bertz CT molecular complexity index is 575. The van der Waals surface area contributed by atoms with Gasteiger partial charge >= 0.3 is 23.9 Å². The van der Waals surface area contributed by atoms with Crippen LogP contribution in [-0.2, 0) is 42.9 Å². The molecule has 0 aromatic heterocycles. The molecule has 0 aliphatic rings. The largest absolute Gasteiger partial charge is 0.462 e. The quantitative estimate of drug-likeness (QED) is 0.390. The fourth-order valence-electron chi connectivity index (χ4n) is 2.53. The molecule has 4 atom stereocenters. The zero-order chi connectivity index (χ0) is 21.9. The van der Waals surface area contributed by atoms with Crippen LogP contribution in [0.5, 0.6) is 0 Å². The van der Waals surface area contributed by atoms with Gasteiger partial charge in [-0.25, -0.2) is 0 Å². The van der Waals surface area contributed by atoms with Crippen molar-refractivity contribution in [2.75, 3.05) is 6.61 Å². The molecule has 0 aromatic rings. The first-order valence-electron chi connectivity index (χ1n) is 8.84. The summed E-state index contributed by atoms with van der Waals surface area (Å²) in [6.45, 7) is 7.49. The van der Waals surface area contributed by atoms with Gasteiger partial charge in [-0.3, -0.25) is 24.0 Å². The number of rotatable bonds is 11. The van der Waals surface area contributed by atoms with Gasteiger partial charge in [0.15, 0.2) is 6.10 Å². The molecule has 0 rings (SSSR count). The predicted molar refractivity (Wildman–Crippen MR) is 95.8 cm³/mol. The average molecular weight is 403 g/mol. The Hall–Kier alpha value is -2.65. The summed E-state index contributed by atoms with van der Waals surface area (Å²) in [5, 5.41) is 2.64. The molecule has 0 radical (unpaired) electrons. The first-order valence-corrected chi connectivity index (χ1v) is 8.84. The van der Waals surface area contributed by atoms with Crippen molar-refractivity contribution in [2.24, 2.45) is 0 Å². The highest BCUT2D eigenvalue weighted by Crippen LogP contribution is 2.17. The highest BCUT2D eigenvalue weighted by molar-refractivity contribution is 5.73. The molecular formula is C18H29NO9. The Morgan fingerprint density at radius 3 is 1.54 bits per heavy atom. The summed E-state index contributed by atoms with van der Waals surface area (Å²) in [5.74, 6) is -2.69. The van der Waals surface area contributed by atoms with E-state index < -0.39 is 48.2 Å². The fraction of sp³-hybridized carbons (Fsp3) is 0.722. The highest BCUT2D eigenvalue weighted by atomic mass is 16.6. The maximum absolute atomic E-state index is 11.5. The Morgan fingerprint density at radius 2 is 1.11 bits per heavy atom. The summed E-state index contributed by atoms with van der Waals surface area (Å²) in [7, 11) is 0. The van der Waals surface area contributed by atoms with E-state index in [1.54, 1.807) is 6.92 Å². The molecule has 0 spiro atoms. The molecule has 28 heavy (non-hydrogen) atoms. The molecule has 0 bridgehead atoms. The monoisotopic (exact) mass is 403 g/mol. The molecule has 2 unspecified atom stereocenters. The normalized spacial score (nSPS) is 14.6. The zero-order valence-corrected chi connectivity index (χ0v) is 17.1. The number of ether oxygens (including phenoxy) is 4. The lowest BCUT2D eigenvalue weighted by Crippen LogP contribution is -2.44. The van der Waals surface area contributed by atoms with E-state index in [1.165, 1.54) is 34.6 Å². The van der Waals surface area contributed by atoms with Crippen molar-refractivity contribution in [3.05, 3.63) is 0 Å². The third-order valence-electron chi connectivity index (χ3n) is 3.54. The van der Waals surface area contributed by atoms with Crippen LogP contribution in [0.4, 0.5) is 0 Å². The standard InChI is InChI=1S/C18H29NO9/c1-10(19-11(2)20)16(26-13(4)22)7-8-17(27-14(5)23)18(28-15(6)24)9-25-12(3)21/h10,16-18H,7-9H2,1-6H3,(H,19,20)/t10?,16?,17-,18+/m0/s1. The average Bonchev–Trinajstić information content (AvgIpc) is 2.52. The Morgan fingerprint density at radius 1 is 0.679 bits per heavy atom. The molecular weight excluding hydrogens is 374 g/mol. The van der Waals surface area contributed by atoms with Gasteiger partial charge in [-0.2, -0.15) is 0 Å². The van der Waals surface area contributed by atoms with Gasteiger partial charge in [0.2, 0.25) is 5.91 Å². The minimum absolute atomic E-state index is 0.126. The minimum Gasteiger partial charge on any atom is -0.462 e. The van der Waals surface area contributed by atoms with Crippen LogP contribution < -0.4 is 5.32 Å². The number of carbonyl (C=O) groups is 5. The highest BCUT2D eigenvalue weighted by Gasteiger charge is 2.31. The van der Waals surface area contributed by atoms with Gasteiger partial charge in [-0.05, 0) is 19.8 Å². The van der Waals surface area contributed by atoms with E-state index in [9.17, 15) is 24.0 Å². The van der Waals surface area contributed by atoms with Crippen molar-refractivity contribution in [3.63, 3.8) is 0 Å². The minimum atomic E-state index is -1.03. The molecule has 160 valence electrons.